The van der Waals surface area contributed by atoms with Crippen LogP contribution in [-0.2, 0) is 0 Å². The van der Waals surface area contributed by atoms with E-state index in [9.17, 15) is 5.11 Å². The van der Waals surface area contributed by atoms with Gasteiger partial charge in [0.2, 0.25) is 0 Å². The van der Waals surface area contributed by atoms with Crippen LogP contribution in [0.15, 0.2) is 0 Å². The van der Waals surface area contributed by atoms with Gasteiger partial charge in [0.05, 0.1) is 6.10 Å². The van der Waals surface area contributed by atoms with Gasteiger partial charge in [-0.1, -0.05) is 46.5 Å². The van der Waals surface area contributed by atoms with Crippen molar-refractivity contribution in [2.45, 2.75) is 65.4 Å². The quantitative estimate of drug-likeness (QED) is 0.739. The number of aliphatic hydroxyl groups excluding tert-OH is 1. The van der Waals surface area contributed by atoms with Crippen LogP contribution in [0.3, 0.4) is 0 Å². The zero-order valence-electron chi connectivity index (χ0n) is 12.0. The molecular weight excluding hydrogens is 210 g/mol. The molecule has 1 N–H and O–H groups in total. The Labute approximate surface area is 107 Å². The maximum Gasteiger partial charge on any atom is 0.0695 e. The van der Waals surface area contributed by atoms with Crippen LogP contribution in [0, 0.1) is 11.8 Å². The maximum atomic E-state index is 10.3. The Balaban J connectivity index is 2.32. The normalized spacial score (nSPS) is 21.7. The molecule has 0 aromatic carbocycles. The number of nitrogens with zero attached hydrogens (tertiary/aromatic N) is 1. The van der Waals surface area contributed by atoms with Crippen LogP contribution in [0.2, 0.25) is 0 Å². The second-order valence-corrected chi connectivity index (χ2v) is 5.83. The molecule has 0 bridgehead atoms. The minimum Gasteiger partial charge on any atom is -0.392 e. The van der Waals surface area contributed by atoms with Crippen LogP contribution in [-0.4, -0.2) is 35.7 Å². The van der Waals surface area contributed by atoms with E-state index in [0.29, 0.717) is 5.92 Å². The molecule has 1 saturated carbocycles. The number of hydrogen-bond donors (Lipinski definition) is 1. The van der Waals surface area contributed by atoms with Crippen molar-refractivity contribution in [3.8, 4) is 0 Å². The molecule has 1 fully saturated rings. The highest BCUT2D eigenvalue weighted by Gasteiger charge is 2.23. The van der Waals surface area contributed by atoms with Crippen LogP contribution in [0.5, 0.6) is 0 Å². The largest absolute Gasteiger partial charge is 0.392 e. The van der Waals surface area contributed by atoms with E-state index in [-0.39, 0.29) is 6.10 Å². The molecule has 102 valence electrons. The van der Waals surface area contributed by atoms with E-state index in [1.54, 1.807) is 0 Å². The monoisotopic (exact) mass is 241 g/mol. The Morgan fingerprint density at radius 1 is 1.12 bits per heavy atom. The van der Waals surface area contributed by atoms with Gasteiger partial charge in [-0.2, -0.15) is 0 Å². The van der Waals surface area contributed by atoms with E-state index in [2.05, 4.69) is 25.7 Å². The SMILES string of the molecule is CCC(C)CN(CC)CC(O)C1CCCCC1. The average Bonchev–Trinajstić information content (AvgIpc) is 2.38. The summed E-state index contributed by atoms with van der Waals surface area (Å²) in [6.07, 6.45) is 7.62. The summed E-state index contributed by atoms with van der Waals surface area (Å²) in [4.78, 5) is 2.42. The molecular formula is C15H31NO. The van der Waals surface area contributed by atoms with Gasteiger partial charge in [-0.25, -0.2) is 0 Å². The van der Waals surface area contributed by atoms with E-state index in [1.165, 1.54) is 38.5 Å². The maximum absolute atomic E-state index is 10.3. The van der Waals surface area contributed by atoms with E-state index < -0.39 is 0 Å². The fraction of sp³-hybridized carbons (Fsp3) is 1.00. The molecule has 0 spiro atoms. The number of likely N-dealkylation sites (N-methyl/N-ethyl adjacent to an activating group) is 1. The molecule has 0 aliphatic heterocycles. The molecule has 1 aliphatic rings. The minimum absolute atomic E-state index is 0.0979. The van der Waals surface area contributed by atoms with Gasteiger partial charge in [-0.05, 0) is 31.2 Å². The van der Waals surface area contributed by atoms with Gasteiger partial charge >= 0.3 is 0 Å². The summed E-state index contributed by atoms with van der Waals surface area (Å²) in [5, 5.41) is 10.3. The van der Waals surface area contributed by atoms with E-state index in [1.807, 2.05) is 0 Å². The first kappa shape index (κ1) is 15.0. The third-order valence-corrected chi connectivity index (χ3v) is 4.35. The van der Waals surface area contributed by atoms with Crippen molar-refractivity contribution >= 4 is 0 Å². The summed E-state index contributed by atoms with van der Waals surface area (Å²) in [5.74, 6) is 1.31. The van der Waals surface area contributed by atoms with Crippen LogP contribution in [0.4, 0.5) is 0 Å². The predicted molar refractivity (Wildman–Crippen MR) is 74.2 cm³/mol. The van der Waals surface area contributed by atoms with Gasteiger partial charge in [0.25, 0.3) is 0 Å². The van der Waals surface area contributed by atoms with E-state index in [4.69, 9.17) is 0 Å². The van der Waals surface area contributed by atoms with Gasteiger partial charge < -0.3 is 10.0 Å². The first-order valence-corrected chi connectivity index (χ1v) is 7.57. The molecule has 1 rings (SSSR count). The second-order valence-electron chi connectivity index (χ2n) is 5.83. The highest BCUT2D eigenvalue weighted by Crippen LogP contribution is 2.26. The fourth-order valence-corrected chi connectivity index (χ4v) is 2.84. The Bertz CT molecular complexity index is 189. The smallest absolute Gasteiger partial charge is 0.0695 e. The predicted octanol–water partition coefficient (Wildman–Crippen LogP) is 3.30. The fourth-order valence-electron chi connectivity index (χ4n) is 2.84. The molecule has 0 aromatic rings. The molecule has 1 aliphatic carbocycles. The summed E-state index contributed by atoms with van der Waals surface area (Å²) in [6.45, 7) is 9.83. The van der Waals surface area contributed by atoms with Gasteiger partial charge in [0.1, 0.15) is 0 Å². The Morgan fingerprint density at radius 2 is 1.76 bits per heavy atom. The number of hydrogen-bond acceptors (Lipinski definition) is 2. The lowest BCUT2D eigenvalue weighted by Gasteiger charge is -2.32. The third-order valence-electron chi connectivity index (χ3n) is 4.35. The van der Waals surface area contributed by atoms with Crippen molar-refractivity contribution in [3.05, 3.63) is 0 Å². The number of aliphatic hydroxyl groups is 1. The highest BCUT2D eigenvalue weighted by atomic mass is 16.3. The van der Waals surface area contributed by atoms with Crippen molar-refractivity contribution in [1.82, 2.24) is 4.90 Å². The molecule has 2 atom stereocenters. The Morgan fingerprint density at radius 3 is 2.29 bits per heavy atom. The summed E-state index contributed by atoms with van der Waals surface area (Å²) in [7, 11) is 0. The first-order valence-electron chi connectivity index (χ1n) is 7.57. The lowest BCUT2D eigenvalue weighted by atomic mass is 9.85. The summed E-state index contributed by atoms with van der Waals surface area (Å²) in [6, 6.07) is 0. The van der Waals surface area contributed by atoms with E-state index in [0.717, 1.165) is 25.6 Å². The molecule has 0 amide bonds. The molecule has 0 saturated heterocycles. The summed E-state index contributed by atoms with van der Waals surface area (Å²) in [5.41, 5.74) is 0. The van der Waals surface area contributed by atoms with Gasteiger partial charge in [0.15, 0.2) is 0 Å². The van der Waals surface area contributed by atoms with Crippen molar-refractivity contribution in [1.29, 1.82) is 0 Å². The Kier molecular flexibility index (Phi) is 7.14. The Hall–Kier alpha value is -0.0800. The zero-order chi connectivity index (χ0) is 12.7. The third kappa shape index (κ3) is 5.39. The second kappa shape index (κ2) is 8.10. The molecule has 17 heavy (non-hydrogen) atoms. The van der Waals surface area contributed by atoms with Crippen molar-refractivity contribution < 1.29 is 5.11 Å². The number of rotatable bonds is 7. The van der Waals surface area contributed by atoms with Crippen molar-refractivity contribution in [2.24, 2.45) is 11.8 Å². The summed E-state index contributed by atoms with van der Waals surface area (Å²) < 4.78 is 0. The lowest BCUT2D eigenvalue weighted by Crippen LogP contribution is -2.39. The first-order chi connectivity index (χ1) is 8.17. The van der Waals surface area contributed by atoms with Crippen LogP contribution >= 0.6 is 0 Å². The lowest BCUT2D eigenvalue weighted by molar-refractivity contribution is 0.0450. The summed E-state index contributed by atoms with van der Waals surface area (Å²) >= 11 is 0. The molecule has 2 unspecified atom stereocenters. The topological polar surface area (TPSA) is 23.5 Å². The molecule has 2 heteroatoms. The molecule has 0 aromatic heterocycles. The van der Waals surface area contributed by atoms with Gasteiger partial charge in [-0.3, -0.25) is 0 Å². The minimum atomic E-state index is -0.0979. The van der Waals surface area contributed by atoms with Crippen LogP contribution < -0.4 is 0 Å². The zero-order valence-corrected chi connectivity index (χ0v) is 12.0. The molecule has 2 nitrogen and oxygen atoms in total. The van der Waals surface area contributed by atoms with Crippen LogP contribution in [0.1, 0.15) is 59.3 Å². The van der Waals surface area contributed by atoms with Crippen molar-refractivity contribution in [2.75, 3.05) is 19.6 Å². The average molecular weight is 241 g/mol. The standard InChI is InChI=1S/C15H31NO/c1-4-13(3)11-16(5-2)12-15(17)14-9-7-6-8-10-14/h13-15,17H,4-12H2,1-3H3. The van der Waals surface area contributed by atoms with Gasteiger partial charge in [-0.15, -0.1) is 0 Å². The van der Waals surface area contributed by atoms with Gasteiger partial charge in [0, 0.05) is 13.1 Å². The van der Waals surface area contributed by atoms with E-state index >= 15 is 0 Å². The van der Waals surface area contributed by atoms with Crippen LogP contribution in [0.25, 0.3) is 0 Å². The molecule has 0 radical (unpaired) electrons. The highest BCUT2D eigenvalue weighted by molar-refractivity contribution is 4.76. The molecule has 0 heterocycles. The van der Waals surface area contributed by atoms with Crippen molar-refractivity contribution in [3.63, 3.8) is 0 Å².